The molecule has 0 aromatic heterocycles. The molecule has 0 unspecified atom stereocenters. The topological polar surface area (TPSA) is 107 Å². The molecule has 0 aliphatic carbocycles. The molecular formula is C6H11NO5S. The molecule has 0 atom stereocenters. The molecule has 0 saturated carbocycles. The Morgan fingerprint density at radius 1 is 1.62 bits per heavy atom. The zero-order valence-electron chi connectivity index (χ0n) is 7.06. The van der Waals surface area contributed by atoms with Crippen LogP contribution in [0.2, 0.25) is 0 Å². The van der Waals surface area contributed by atoms with Crippen LogP contribution < -0.4 is 5.73 Å². The minimum atomic E-state index is -4.56. The average Bonchev–Trinajstić information content (AvgIpc) is 1.95. The van der Waals surface area contributed by atoms with Crippen LogP contribution in [0.1, 0.15) is 19.8 Å². The number of hydrogen-bond acceptors (Lipinski definition) is 4. The smallest absolute Gasteiger partial charge is 0.369 e. The molecule has 0 aromatic rings. The Morgan fingerprint density at radius 3 is 2.46 bits per heavy atom. The number of carbonyl (C=O) groups is 1. The highest BCUT2D eigenvalue weighted by molar-refractivity contribution is 7.81. The van der Waals surface area contributed by atoms with Gasteiger partial charge in [0.1, 0.15) is 6.26 Å². The number of hydrogen-bond donors (Lipinski definition) is 2. The predicted octanol–water partition coefficient (Wildman–Crippen LogP) is -0.0249. The van der Waals surface area contributed by atoms with Gasteiger partial charge in [0.05, 0.1) is 5.57 Å². The number of amides is 1. The van der Waals surface area contributed by atoms with Gasteiger partial charge in [-0.25, -0.2) is 0 Å². The predicted molar refractivity (Wildman–Crippen MR) is 44.8 cm³/mol. The fourth-order valence-corrected chi connectivity index (χ4v) is 0.866. The van der Waals surface area contributed by atoms with Crippen molar-refractivity contribution in [3.63, 3.8) is 0 Å². The molecule has 0 radical (unpaired) electrons. The second-order valence-electron chi connectivity index (χ2n) is 2.28. The van der Waals surface area contributed by atoms with Crippen molar-refractivity contribution in [2.75, 3.05) is 0 Å². The van der Waals surface area contributed by atoms with Gasteiger partial charge in [0, 0.05) is 0 Å². The van der Waals surface area contributed by atoms with Gasteiger partial charge in [0.25, 0.3) is 0 Å². The summed E-state index contributed by atoms with van der Waals surface area (Å²) in [6.07, 6.45) is 1.55. The molecule has 0 aliphatic rings. The number of carbonyl (C=O) groups excluding carboxylic acids is 1. The Balaban J connectivity index is 4.46. The van der Waals surface area contributed by atoms with Gasteiger partial charge in [-0.2, -0.15) is 8.42 Å². The number of rotatable bonds is 5. The van der Waals surface area contributed by atoms with E-state index in [0.29, 0.717) is 19.1 Å². The van der Waals surface area contributed by atoms with E-state index in [2.05, 4.69) is 4.18 Å². The lowest BCUT2D eigenvalue weighted by Crippen LogP contribution is -2.14. The fraction of sp³-hybridized carbons (Fsp3) is 0.500. The summed E-state index contributed by atoms with van der Waals surface area (Å²) in [4.78, 5) is 10.6. The molecule has 0 saturated heterocycles. The third-order valence-corrected chi connectivity index (χ3v) is 1.49. The van der Waals surface area contributed by atoms with E-state index in [1.54, 1.807) is 6.92 Å². The summed E-state index contributed by atoms with van der Waals surface area (Å²) in [6, 6.07) is 0. The van der Waals surface area contributed by atoms with Crippen LogP contribution in [0.4, 0.5) is 0 Å². The molecule has 1 amide bonds. The Labute approximate surface area is 76.3 Å². The highest BCUT2D eigenvalue weighted by atomic mass is 32.3. The molecule has 6 nitrogen and oxygen atoms in total. The highest BCUT2D eigenvalue weighted by Gasteiger charge is 2.07. The molecule has 7 heteroatoms. The van der Waals surface area contributed by atoms with Crippen LogP contribution in [-0.2, 0) is 19.4 Å². The van der Waals surface area contributed by atoms with Crippen molar-refractivity contribution in [1.82, 2.24) is 0 Å². The van der Waals surface area contributed by atoms with E-state index in [-0.39, 0.29) is 5.57 Å². The van der Waals surface area contributed by atoms with Gasteiger partial charge in [-0.1, -0.05) is 13.3 Å². The van der Waals surface area contributed by atoms with Gasteiger partial charge in [-0.15, -0.1) is 0 Å². The summed E-state index contributed by atoms with van der Waals surface area (Å²) in [5, 5.41) is 0. The van der Waals surface area contributed by atoms with Crippen LogP contribution in [-0.4, -0.2) is 18.9 Å². The lowest BCUT2D eigenvalue weighted by molar-refractivity contribution is -0.114. The van der Waals surface area contributed by atoms with E-state index >= 15 is 0 Å². The van der Waals surface area contributed by atoms with Crippen molar-refractivity contribution >= 4 is 16.3 Å². The summed E-state index contributed by atoms with van der Waals surface area (Å²) in [5.41, 5.74) is 4.90. The third kappa shape index (κ3) is 6.12. The van der Waals surface area contributed by atoms with Crippen LogP contribution in [0.5, 0.6) is 0 Å². The van der Waals surface area contributed by atoms with Crippen LogP contribution in [0.15, 0.2) is 11.8 Å². The van der Waals surface area contributed by atoms with Gasteiger partial charge in [-0.3, -0.25) is 9.35 Å². The molecule has 0 aliphatic heterocycles. The SMILES string of the molecule is CCC/C(=C\OS(=O)(=O)O)C(N)=O. The van der Waals surface area contributed by atoms with Crippen LogP contribution >= 0.6 is 0 Å². The van der Waals surface area contributed by atoms with E-state index in [0.717, 1.165) is 0 Å². The summed E-state index contributed by atoms with van der Waals surface area (Å²) in [7, 11) is -4.56. The minimum Gasteiger partial charge on any atom is -0.369 e. The van der Waals surface area contributed by atoms with Gasteiger partial charge >= 0.3 is 10.4 Å². The van der Waals surface area contributed by atoms with Gasteiger partial charge in [0.15, 0.2) is 0 Å². The second kappa shape index (κ2) is 4.83. The first-order valence-corrected chi connectivity index (χ1v) is 4.88. The summed E-state index contributed by atoms with van der Waals surface area (Å²) in [6.45, 7) is 1.78. The Bertz CT molecular complexity index is 305. The molecule has 0 aromatic carbocycles. The maximum Gasteiger partial charge on any atom is 0.445 e. The van der Waals surface area contributed by atoms with Crippen molar-refractivity contribution in [3.8, 4) is 0 Å². The quantitative estimate of drug-likeness (QED) is 0.376. The Hall–Kier alpha value is -1.08. The number of primary amides is 1. The lowest BCUT2D eigenvalue weighted by atomic mass is 10.2. The third-order valence-electron chi connectivity index (χ3n) is 1.15. The molecule has 0 fully saturated rings. The maximum atomic E-state index is 10.6. The Kier molecular flexibility index (Phi) is 4.43. The van der Waals surface area contributed by atoms with Gasteiger partial charge < -0.3 is 9.92 Å². The maximum absolute atomic E-state index is 10.6. The van der Waals surface area contributed by atoms with E-state index in [4.69, 9.17) is 10.3 Å². The Morgan fingerprint density at radius 2 is 2.15 bits per heavy atom. The second-order valence-corrected chi connectivity index (χ2v) is 3.33. The molecular weight excluding hydrogens is 198 g/mol. The molecule has 0 bridgehead atoms. The van der Waals surface area contributed by atoms with Crippen molar-refractivity contribution in [2.24, 2.45) is 5.73 Å². The fourth-order valence-electron chi connectivity index (χ4n) is 0.628. The lowest BCUT2D eigenvalue weighted by Gasteiger charge is -1.99. The molecule has 0 heterocycles. The molecule has 0 spiro atoms. The van der Waals surface area contributed by atoms with Crippen molar-refractivity contribution in [2.45, 2.75) is 19.8 Å². The van der Waals surface area contributed by atoms with Gasteiger partial charge in [-0.05, 0) is 6.42 Å². The molecule has 0 rings (SSSR count). The zero-order valence-corrected chi connectivity index (χ0v) is 7.87. The highest BCUT2D eigenvalue weighted by Crippen LogP contribution is 2.05. The number of nitrogens with two attached hydrogens (primary N) is 1. The normalized spacial score (nSPS) is 12.6. The van der Waals surface area contributed by atoms with Crippen molar-refractivity contribution in [1.29, 1.82) is 0 Å². The van der Waals surface area contributed by atoms with E-state index in [9.17, 15) is 13.2 Å². The monoisotopic (exact) mass is 209 g/mol. The largest absolute Gasteiger partial charge is 0.445 e. The van der Waals surface area contributed by atoms with E-state index in [1.165, 1.54) is 0 Å². The van der Waals surface area contributed by atoms with Crippen LogP contribution in [0.3, 0.4) is 0 Å². The summed E-state index contributed by atoms with van der Waals surface area (Å²) < 4.78 is 32.2. The first-order valence-electron chi connectivity index (χ1n) is 3.51. The first kappa shape index (κ1) is 11.9. The van der Waals surface area contributed by atoms with Crippen molar-refractivity contribution < 1.29 is 21.9 Å². The zero-order chi connectivity index (χ0) is 10.5. The molecule has 76 valence electrons. The summed E-state index contributed by atoms with van der Waals surface area (Å²) >= 11 is 0. The van der Waals surface area contributed by atoms with E-state index < -0.39 is 16.3 Å². The minimum absolute atomic E-state index is 0.0140. The van der Waals surface area contributed by atoms with Gasteiger partial charge in [0.2, 0.25) is 5.91 Å². The molecule has 3 N–H and O–H groups in total. The summed E-state index contributed by atoms with van der Waals surface area (Å²) in [5.74, 6) is -0.773. The molecule has 13 heavy (non-hydrogen) atoms. The van der Waals surface area contributed by atoms with E-state index in [1.807, 2.05) is 0 Å². The standard InChI is InChI=1S/C6H11NO5S/c1-2-3-5(6(7)8)4-12-13(9,10)11/h4H,2-3H2,1H3,(H2,7,8)(H,9,10,11)/b5-4+. The van der Waals surface area contributed by atoms with Crippen LogP contribution in [0, 0.1) is 0 Å². The first-order chi connectivity index (χ1) is 5.87. The average molecular weight is 209 g/mol. The van der Waals surface area contributed by atoms with Crippen LogP contribution in [0.25, 0.3) is 0 Å². The van der Waals surface area contributed by atoms with Crippen molar-refractivity contribution in [3.05, 3.63) is 11.8 Å².